The molecule has 6 nitrogen and oxygen atoms in total. The van der Waals surface area contributed by atoms with E-state index in [1.807, 2.05) is 60.4 Å². The lowest BCUT2D eigenvalue weighted by atomic mass is 10.1. The molecule has 32 heavy (non-hydrogen) atoms. The number of rotatable bonds is 6. The Bertz CT molecular complexity index is 1420. The van der Waals surface area contributed by atoms with E-state index < -0.39 is 0 Å². The van der Waals surface area contributed by atoms with Gasteiger partial charge in [0.2, 0.25) is 0 Å². The summed E-state index contributed by atoms with van der Waals surface area (Å²) < 4.78 is 7.87. The minimum atomic E-state index is 0.445. The van der Waals surface area contributed by atoms with Crippen LogP contribution in [0.2, 0.25) is 5.02 Å². The van der Waals surface area contributed by atoms with Gasteiger partial charge >= 0.3 is 0 Å². The molecule has 0 radical (unpaired) electrons. The van der Waals surface area contributed by atoms with Crippen LogP contribution in [-0.2, 0) is 13.5 Å². The van der Waals surface area contributed by atoms with Crippen LogP contribution in [0.5, 0.6) is 5.75 Å². The van der Waals surface area contributed by atoms with E-state index in [0.29, 0.717) is 24.0 Å². The second-order valence-corrected chi connectivity index (χ2v) is 8.87. The van der Waals surface area contributed by atoms with Crippen LogP contribution in [0.15, 0.2) is 54.7 Å². The van der Waals surface area contributed by atoms with E-state index in [-0.39, 0.29) is 0 Å². The third-order valence-electron chi connectivity index (χ3n) is 5.36. The Labute approximate surface area is 191 Å². The number of hydrogen-bond donors (Lipinski definition) is 1. The summed E-state index contributed by atoms with van der Waals surface area (Å²) in [7, 11) is 1.94. The molecular formula is C25H24ClN5O. The van der Waals surface area contributed by atoms with Crippen molar-refractivity contribution in [1.29, 1.82) is 0 Å². The first-order valence-electron chi connectivity index (χ1n) is 10.7. The Morgan fingerprint density at radius 3 is 2.81 bits per heavy atom. The van der Waals surface area contributed by atoms with Crippen molar-refractivity contribution in [2.45, 2.75) is 20.3 Å². The predicted octanol–water partition coefficient (Wildman–Crippen LogP) is 5.79. The number of pyridine rings is 1. The van der Waals surface area contributed by atoms with E-state index in [4.69, 9.17) is 26.3 Å². The van der Waals surface area contributed by atoms with Crippen molar-refractivity contribution in [3.05, 3.63) is 71.0 Å². The summed E-state index contributed by atoms with van der Waals surface area (Å²) >= 11 is 6.27. The van der Waals surface area contributed by atoms with Gasteiger partial charge in [0, 0.05) is 35.1 Å². The Morgan fingerprint density at radius 1 is 1.09 bits per heavy atom. The molecule has 7 heteroatoms. The topological polar surface area (TPSA) is 68.6 Å². The van der Waals surface area contributed by atoms with Gasteiger partial charge in [0.1, 0.15) is 11.4 Å². The molecule has 0 aliphatic carbocycles. The van der Waals surface area contributed by atoms with Crippen LogP contribution in [-0.4, -0.2) is 31.3 Å². The van der Waals surface area contributed by atoms with Crippen LogP contribution in [0.3, 0.4) is 0 Å². The molecule has 0 atom stereocenters. The number of nitrogens with one attached hydrogen (secondary N) is 1. The van der Waals surface area contributed by atoms with Gasteiger partial charge in [-0.2, -0.15) is 5.10 Å². The van der Waals surface area contributed by atoms with Crippen molar-refractivity contribution in [3.8, 4) is 17.3 Å². The minimum Gasteiger partial charge on any atom is -0.493 e. The summed E-state index contributed by atoms with van der Waals surface area (Å²) in [5, 5.41) is 6.06. The number of aromatic amines is 1. The first kappa shape index (κ1) is 20.5. The van der Waals surface area contributed by atoms with E-state index in [9.17, 15) is 0 Å². The summed E-state index contributed by atoms with van der Waals surface area (Å²) in [5.74, 6) is 2.03. The molecule has 0 aliphatic heterocycles. The fraction of sp³-hybridized carbons (Fsp3) is 0.240. The molecule has 162 valence electrons. The van der Waals surface area contributed by atoms with E-state index in [1.54, 1.807) is 0 Å². The van der Waals surface area contributed by atoms with Crippen molar-refractivity contribution < 1.29 is 4.74 Å². The summed E-state index contributed by atoms with van der Waals surface area (Å²) in [4.78, 5) is 13.0. The van der Waals surface area contributed by atoms with E-state index in [1.165, 1.54) is 0 Å². The summed E-state index contributed by atoms with van der Waals surface area (Å²) in [6.07, 6.45) is 2.48. The van der Waals surface area contributed by atoms with Gasteiger partial charge in [0.25, 0.3) is 0 Å². The van der Waals surface area contributed by atoms with Crippen molar-refractivity contribution in [2.75, 3.05) is 6.61 Å². The van der Waals surface area contributed by atoms with Crippen molar-refractivity contribution >= 4 is 33.5 Å². The van der Waals surface area contributed by atoms with Crippen LogP contribution in [0, 0.1) is 5.92 Å². The lowest BCUT2D eigenvalue weighted by molar-refractivity contribution is 0.269. The molecule has 5 rings (SSSR count). The lowest BCUT2D eigenvalue weighted by Gasteiger charge is -2.13. The molecule has 0 unspecified atom stereocenters. The quantitative estimate of drug-likeness (QED) is 0.359. The molecule has 2 aromatic carbocycles. The second kappa shape index (κ2) is 8.28. The molecule has 0 spiro atoms. The number of fused-ring (bicyclic) bond motifs is 2. The molecule has 0 saturated heterocycles. The Hall–Kier alpha value is -3.38. The normalized spacial score (nSPS) is 11.7. The second-order valence-electron chi connectivity index (χ2n) is 8.43. The van der Waals surface area contributed by atoms with Gasteiger partial charge in [-0.3, -0.25) is 4.68 Å². The van der Waals surface area contributed by atoms with Crippen molar-refractivity contribution in [1.82, 2.24) is 24.7 Å². The third-order valence-corrected chi connectivity index (χ3v) is 5.60. The number of hydrogen-bond acceptors (Lipinski definition) is 4. The largest absolute Gasteiger partial charge is 0.493 e. The molecular weight excluding hydrogens is 422 g/mol. The maximum atomic E-state index is 6.27. The number of ether oxygens (including phenoxy) is 1. The van der Waals surface area contributed by atoms with Gasteiger partial charge in [-0.25, -0.2) is 9.97 Å². The van der Waals surface area contributed by atoms with Gasteiger partial charge in [-0.05, 0) is 48.4 Å². The van der Waals surface area contributed by atoms with Crippen molar-refractivity contribution in [2.24, 2.45) is 13.0 Å². The number of imidazole rings is 1. The SMILES string of the molecule is CC(C)COc1ccc(Cl)cc1Cc1cccc(-c2nc3cc4cnn(C)c4cc3[nH]2)n1. The molecule has 0 bridgehead atoms. The van der Waals surface area contributed by atoms with E-state index in [2.05, 4.69) is 30.0 Å². The average molecular weight is 446 g/mol. The summed E-state index contributed by atoms with van der Waals surface area (Å²) in [5.41, 5.74) is 5.66. The van der Waals surface area contributed by atoms with Crippen LogP contribution in [0.4, 0.5) is 0 Å². The number of H-pyrrole nitrogens is 1. The molecule has 3 aromatic heterocycles. The zero-order chi connectivity index (χ0) is 22.2. The zero-order valence-electron chi connectivity index (χ0n) is 18.3. The fourth-order valence-corrected chi connectivity index (χ4v) is 3.96. The lowest BCUT2D eigenvalue weighted by Crippen LogP contribution is -2.06. The molecule has 0 saturated carbocycles. The number of aryl methyl sites for hydroxylation is 1. The average Bonchev–Trinajstić information content (AvgIpc) is 3.35. The highest BCUT2D eigenvalue weighted by atomic mass is 35.5. The van der Waals surface area contributed by atoms with Gasteiger partial charge in [0.05, 0.1) is 29.4 Å². The molecule has 3 heterocycles. The van der Waals surface area contributed by atoms with Gasteiger partial charge in [-0.15, -0.1) is 0 Å². The molecule has 1 N–H and O–H groups in total. The van der Waals surface area contributed by atoms with Crippen LogP contribution in [0.1, 0.15) is 25.1 Å². The first-order chi connectivity index (χ1) is 15.5. The fourth-order valence-electron chi connectivity index (χ4n) is 3.77. The maximum Gasteiger partial charge on any atom is 0.157 e. The van der Waals surface area contributed by atoms with Crippen LogP contribution in [0.25, 0.3) is 33.5 Å². The summed E-state index contributed by atoms with van der Waals surface area (Å²) in [6.45, 7) is 4.92. The Balaban J connectivity index is 1.46. The smallest absolute Gasteiger partial charge is 0.157 e. The monoisotopic (exact) mass is 445 g/mol. The zero-order valence-corrected chi connectivity index (χ0v) is 19.0. The van der Waals surface area contributed by atoms with E-state index in [0.717, 1.165) is 50.5 Å². The summed E-state index contributed by atoms with van der Waals surface area (Å²) in [6, 6.07) is 15.8. The van der Waals surface area contributed by atoms with Crippen LogP contribution >= 0.6 is 11.6 Å². The maximum absolute atomic E-state index is 6.27. The van der Waals surface area contributed by atoms with Gasteiger partial charge in [-0.1, -0.05) is 31.5 Å². The number of halogens is 1. The number of aromatic nitrogens is 5. The van der Waals surface area contributed by atoms with Gasteiger partial charge < -0.3 is 9.72 Å². The molecule has 0 amide bonds. The van der Waals surface area contributed by atoms with E-state index >= 15 is 0 Å². The highest BCUT2D eigenvalue weighted by Crippen LogP contribution is 2.27. The first-order valence-corrected chi connectivity index (χ1v) is 11.0. The highest BCUT2D eigenvalue weighted by molar-refractivity contribution is 6.30. The highest BCUT2D eigenvalue weighted by Gasteiger charge is 2.12. The number of benzene rings is 2. The Kier molecular flexibility index (Phi) is 5.31. The Morgan fingerprint density at radius 2 is 1.97 bits per heavy atom. The van der Waals surface area contributed by atoms with Gasteiger partial charge in [0.15, 0.2) is 5.82 Å². The third kappa shape index (κ3) is 4.06. The minimum absolute atomic E-state index is 0.445. The standard InChI is InChI=1S/C25H24ClN5O/c1-15(2)14-32-24-8-7-18(26)9-16(24)10-19-5-4-6-20(28-19)25-29-21-11-17-13-27-31(3)23(17)12-22(21)30-25/h4-9,11-13,15H,10,14H2,1-3H3,(H,29,30). The predicted molar refractivity (Wildman–Crippen MR) is 128 cm³/mol. The molecule has 5 aromatic rings. The van der Waals surface area contributed by atoms with Crippen molar-refractivity contribution in [3.63, 3.8) is 0 Å². The number of nitrogens with zero attached hydrogens (tertiary/aromatic N) is 4. The molecule has 0 fully saturated rings. The molecule has 0 aliphatic rings. The van der Waals surface area contributed by atoms with Crippen LogP contribution < -0.4 is 4.74 Å².